The minimum atomic E-state index is 0.106. The Hall–Kier alpha value is -1.31. The number of carbonyl (C=O) groups is 1. The van der Waals surface area contributed by atoms with Gasteiger partial charge in [-0.25, -0.2) is 0 Å². The Bertz CT molecular complexity index is 454. The van der Waals surface area contributed by atoms with E-state index in [2.05, 4.69) is 13.8 Å². The molecule has 19 heavy (non-hydrogen) atoms. The van der Waals surface area contributed by atoms with Crippen molar-refractivity contribution in [1.29, 1.82) is 0 Å². The Balaban J connectivity index is 2.08. The summed E-state index contributed by atoms with van der Waals surface area (Å²) >= 11 is 0. The van der Waals surface area contributed by atoms with E-state index in [1.54, 1.807) is 6.92 Å². The van der Waals surface area contributed by atoms with Crippen LogP contribution in [-0.2, 0) is 0 Å². The number of ether oxygens (including phenoxy) is 1. The first-order valence-electron chi connectivity index (χ1n) is 7.24. The molecule has 1 aliphatic rings. The predicted molar refractivity (Wildman–Crippen MR) is 77.8 cm³/mol. The van der Waals surface area contributed by atoms with E-state index >= 15 is 0 Å². The highest BCUT2D eigenvalue weighted by molar-refractivity contribution is 5.94. The average molecular weight is 260 g/mol. The monoisotopic (exact) mass is 260 g/mol. The molecule has 1 aromatic carbocycles. The maximum absolute atomic E-state index is 11.3. The molecular weight excluding hydrogens is 236 g/mol. The van der Waals surface area contributed by atoms with Crippen LogP contribution in [0.5, 0.6) is 5.75 Å². The predicted octanol–water partition coefficient (Wildman–Crippen LogP) is 4.40. The summed E-state index contributed by atoms with van der Waals surface area (Å²) < 4.78 is 6.15. The third-order valence-electron chi connectivity index (χ3n) is 4.01. The van der Waals surface area contributed by atoms with Gasteiger partial charge in [-0.3, -0.25) is 4.79 Å². The lowest BCUT2D eigenvalue weighted by Gasteiger charge is -2.32. The fourth-order valence-electron chi connectivity index (χ4n) is 3.15. The second kappa shape index (κ2) is 5.77. The van der Waals surface area contributed by atoms with E-state index in [-0.39, 0.29) is 5.78 Å². The molecule has 0 N–H and O–H groups in total. The number of hydrogen-bond acceptors (Lipinski definition) is 2. The molecule has 0 aromatic heterocycles. The van der Waals surface area contributed by atoms with Crippen molar-refractivity contribution >= 4 is 5.78 Å². The van der Waals surface area contributed by atoms with Gasteiger partial charge in [0.2, 0.25) is 0 Å². The third-order valence-corrected chi connectivity index (χ3v) is 4.01. The third kappa shape index (κ3) is 3.59. The normalized spacial score (nSPS) is 27.1. The zero-order chi connectivity index (χ0) is 14.0. The van der Waals surface area contributed by atoms with Crippen LogP contribution in [-0.4, -0.2) is 11.9 Å². The van der Waals surface area contributed by atoms with Gasteiger partial charge >= 0.3 is 0 Å². The van der Waals surface area contributed by atoms with Crippen molar-refractivity contribution < 1.29 is 9.53 Å². The summed E-state index contributed by atoms with van der Waals surface area (Å²) in [6, 6.07) is 5.73. The summed E-state index contributed by atoms with van der Waals surface area (Å²) in [4.78, 5) is 11.3. The van der Waals surface area contributed by atoms with Crippen molar-refractivity contribution in [3.8, 4) is 5.75 Å². The second-order valence-electron chi connectivity index (χ2n) is 6.19. The number of hydrogen-bond donors (Lipinski definition) is 0. The average Bonchev–Trinajstić information content (AvgIpc) is 2.30. The van der Waals surface area contributed by atoms with Gasteiger partial charge in [-0.15, -0.1) is 0 Å². The van der Waals surface area contributed by atoms with Crippen LogP contribution in [0.3, 0.4) is 0 Å². The van der Waals surface area contributed by atoms with E-state index in [1.807, 2.05) is 25.1 Å². The summed E-state index contributed by atoms with van der Waals surface area (Å²) in [6.45, 7) is 8.21. The van der Waals surface area contributed by atoms with E-state index in [0.717, 1.165) is 41.6 Å². The molecule has 1 aliphatic carbocycles. The van der Waals surface area contributed by atoms with Gasteiger partial charge in [0.25, 0.3) is 0 Å². The van der Waals surface area contributed by atoms with E-state index in [0.29, 0.717) is 6.10 Å². The number of benzene rings is 1. The first-order chi connectivity index (χ1) is 8.95. The number of aryl methyl sites for hydroxylation is 1. The molecule has 2 atom stereocenters. The molecule has 1 aromatic rings. The van der Waals surface area contributed by atoms with Crippen LogP contribution in [0.1, 0.15) is 56.0 Å². The number of ketones is 1. The lowest BCUT2D eigenvalue weighted by atomic mass is 9.82. The molecule has 0 radical (unpaired) electrons. The Labute approximate surface area is 116 Å². The summed E-state index contributed by atoms with van der Waals surface area (Å²) in [6.07, 6.45) is 3.90. The quantitative estimate of drug-likeness (QED) is 0.753. The highest BCUT2D eigenvalue weighted by atomic mass is 16.5. The van der Waals surface area contributed by atoms with Gasteiger partial charge in [-0.2, -0.15) is 0 Å². The first kappa shape index (κ1) is 14.1. The van der Waals surface area contributed by atoms with Crippen LogP contribution in [0.4, 0.5) is 0 Å². The van der Waals surface area contributed by atoms with Crippen molar-refractivity contribution in [3.05, 3.63) is 29.3 Å². The van der Waals surface area contributed by atoms with Crippen molar-refractivity contribution in [2.24, 2.45) is 11.8 Å². The maximum Gasteiger partial charge on any atom is 0.159 e. The summed E-state index contributed by atoms with van der Waals surface area (Å²) in [7, 11) is 0. The number of Topliss-reactive ketones (excluding diaryl/α,β-unsaturated/α-hetero) is 1. The topological polar surface area (TPSA) is 26.3 Å². The molecule has 0 bridgehead atoms. The standard InChI is InChI=1S/C17H24O2/c1-11-7-12(2)9-16(8-11)19-17-6-5-15(14(4)18)10-13(17)3/h5-6,10-12,16H,7-9H2,1-4H3. The Morgan fingerprint density at radius 3 is 2.32 bits per heavy atom. The molecule has 0 amide bonds. The second-order valence-corrected chi connectivity index (χ2v) is 6.19. The molecular formula is C17H24O2. The Morgan fingerprint density at radius 2 is 1.79 bits per heavy atom. The van der Waals surface area contributed by atoms with Gasteiger partial charge in [0.15, 0.2) is 5.78 Å². The summed E-state index contributed by atoms with van der Waals surface area (Å²) in [5, 5.41) is 0. The SMILES string of the molecule is CC(=O)c1ccc(OC2CC(C)CC(C)C2)c(C)c1. The van der Waals surface area contributed by atoms with E-state index in [4.69, 9.17) is 4.74 Å². The van der Waals surface area contributed by atoms with Crippen molar-refractivity contribution in [3.63, 3.8) is 0 Å². The van der Waals surface area contributed by atoms with E-state index in [9.17, 15) is 4.79 Å². The number of rotatable bonds is 3. The largest absolute Gasteiger partial charge is 0.490 e. The van der Waals surface area contributed by atoms with Gasteiger partial charge < -0.3 is 4.74 Å². The molecule has 1 saturated carbocycles. The van der Waals surface area contributed by atoms with Crippen LogP contribution in [0.2, 0.25) is 0 Å². The van der Waals surface area contributed by atoms with Crippen LogP contribution >= 0.6 is 0 Å². The molecule has 2 heteroatoms. The minimum absolute atomic E-state index is 0.106. The van der Waals surface area contributed by atoms with Crippen molar-refractivity contribution in [2.45, 2.75) is 53.1 Å². The van der Waals surface area contributed by atoms with Gasteiger partial charge in [-0.05, 0) is 68.7 Å². The minimum Gasteiger partial charge on any atom is -0.490 e. The van der Waals surface area contributed by atoms with Gasteiger partial charge in [0.05, 0.1) is 6.10 Å². The van der Waals surface area contributed by atoms with E-state index in [1.165, 1.54) is 6.42 Å². The molecule has 0 aliphatic heterocycles. The van der Waals surface area contributed by atoms with Gasteiger partial charge in [0.1, 0.15) is 5.75 Å². The van der Waals surface area contributed by atoms with Crippen molar-refractivity contribution in [2.75, 3.05) is 0 Å². The lowest BCUT2D eigenvalue weighted by molar-refractivity contribution is 0.100. The highest BCUT2D eigenvalue weighted by Crippen LogP contribution is 2.32. The fourth-order valence-corrected chi connectivity index (χ4v) is 3.15. The van der Waals surface area contributed by atoms with E-state index < -0.39 is 0 Å². The number of carbonyl (C=O) groups excluding carboxylic acids is 1. The molecule has 2 rings (SSSR count). The maximum atomic E-state index is 11.3. The first-order valence-corrected chi connectivity index (χ1v) is 7.24. The van der Waals surface area contributed by atoms with Gasteiger partial charge in [0, 0.05) is 5.56 Å². The Morgan fingerprint density at radius 1 is 1.16 bits per heavy atom. The van der Waals surface area contributed by atoms with Crippen LogP contribution in [0.25, 0.3) is 0 Å². The molecule has 2 nitrogen and oxygen atoms in total. The zero-order valence-corrected chi connectivity index (χ0v) is 12.4. The lowest BCUT2D eigenvalue weighted by Crippen LogP contribution is -2.28. The van der Waals surface area contributed by atoms with Crippen LogP contribution in [0, 0.1) is 18.8 Å². The molecule has 0 saturated heterocycles. The molecule has 0 heterocycles. The molecule has 2 unspecified atom stereocenters. The summed E-state index contributed by atoms with van der Waals surface area (Å²) in [5.74, 6) is 2.52. The summed E-state index contributed by atoms with van der Waals surface area (Å²) in [5.41, 5.74) is 1.81. The van der Waals surface area contributed by atoms with Gasteiger partial charge in [-0.1, -0.05) is 13.8 Å². The molecule has 0 spiro atoms. The van der Waals surface area contributed by atoms with Crippen LogP contribution < -0.4 is 4.74 Å². The fraction of sp³-hybridized carbons (Fsp3) is 0.588. The highest BCUT2D eigenvalue weighted by Gasteiger charge is 2.25. The van der Waals surface area contributed by atoms with Crippen molar-refractivity contribution in [1.82, 2.24) is 0 Å². The molecule has 104 valence electrons. The Kier molecular flexibility index (Phi) is 4.28. The van der Waals surface area contributed by atoms with Crippen LogP contribution in [0.15, 0.2) is 18.2 Å². The zero-order valence-electron chi connectivity index (χ0n) is 12.4. The smallest absolute Gasteiger partial charge is 0.159 e. The molecule has 1 fully saturated rings.